The molecule has 2 unspecified atom stereocenters. The number of para-hydroxylation sites is 1. The molecule has 4 heteroatoms. The van der Waals surface area contributed by atoms with Gasteiger partial charge in [0.25, 0.3) is 0 Å². The third-order valence-electron chi connectivity index (χ3n) is 2.20. The van der Waals surface area contributed by atoms with E-state index in [0.717, 1.165) is 5.75 Å². The topological polar surface area (TPSA) is 52.3 Å². The summed E-state index contributed by atoms with van der Waals surface area (Å²) < 4.78 is 17.0. The van der Waals surface area contributed by atoms with Crippen LogP contribution in [0.5, 0.6) is 5.75 Å². The van der Waals surface area contributed by atoms with E-state index in [4.69, 9.17) is 10.5 Å². The monoisotopic (exact) mass is 241 g/mol. The Morgan fingerprint density at radius 1 is 1.38 bits per heavy atom. The van der Waals surface area contributed by atoms with Gasteiger partial charge in [-0.25, -0.2) is 0 Å². The highest BCUT2D eigenvalue weighted by Gasteiger charge is 2.06. The van der Waals surface area contributed by atoms with Gasteiger partial charge >= 0.3 is 0 Å². The molecule has 0 saturated carbocycles. The van der Waals surface area contributed by atoms with Gasteiger partial charge in [-0.2, -0.15) is 0 Å². The van der Waals surface area contributed by atoms with Crippen molar-refractivity contribution in [1.29, 1.82) is 0 Å². The van der Waals surface area contributed by atoms with Gasteiger partial charge in [0.2, 0.25) is 0 Å². The number of hydrogen-bond donors (Lipinski definition) is 1. The highest BCUT2D eigenvalue weighted by Crippen LogP contribution is 2.08. The molecular formula is C12H19NO2S. The molecule has 0 aliphatic rings. The van der Waals surface area contributed by atoms with Gasteiger partial charge in [-0.3, -0.25) is 4.21 Å². The van der Waals surface area contributed by atoms with Gasteiger partial charge in [0.05, 0.1) is 12.4 Å². The molecule has 0 aromatic heterocycles. The second-order valence-corrected chi connectivity index (χ2v) is 5.43. The van der Waals surface area contributed by atoms with Crippen LogP contribution in [-0.2, 0) is 10.8 Å². The molecule has 0 spiro atoms. The number of nitrogens with two attached hydrogens (primary N) is 1. The Labute approximate surface area is 99.4 Å². The Balaban J connectivity index is 2.18. The fourth-order valence-corrected chi connectivity index (χ4v) is 2.44. The Bertz CT molecular complexity index is 316. The molecule has 0 fully saturated rings. The van der Waals surface area contributed by atoms with Crippen molar-refractivity contribution >= 4 is 10.8 Å². The average molecular weight is 241 g/mol. The molecular weight excluding hydrogens is 222 g/mol. The third kappa shape index (κ3) is 5.28. The van der Waals surface area contributed by atoms with Gasteiger partial charge in [0.1, 0.15) is 5.75 Å². The first kappa shape index (κ1) is 13.2. The lowest BCUT2D eigenvalue weighted by molar-refractivity contribution is 0.342. The molecule has 2 atom stereocenters. The molecule has 1 rings (SSSR count). The van der Waals surface area contributed by atoms with Gasteiger partial charge in [-0.05, 0) is 24.6 Å². The lowest BCUT2D eigenvalue weighted by Gasteiger charge is -2.09. The van der Waals surface area contributed by atoms with E-state index >= 15 is 0 Å². The van der Waals surface area contributed by atoms with Crippen LogP contribution in [0, 0.1) is 5.92 Å². The molecule has 0 amide bonds. The lowest BCUT2D eigenvalue weighted by Crippen LogP contribution is -2.20. The minimum atomic E-state index is -0.829. The van der Waals surface area contributed by atoms with Crippen molar-refractivity contribution in [3.63, 3.8) is 0 Å². The first-order chi connectivity index (χ1) is 7.72. The van der Waals surface area contributed by atoms with Crippen molar-refractivity contribution in [2.45, 2.75) is 6.92 Å². The first-order valence-electron chi connectivity index (χ1n) is 5.45. The van der Waals surface area contributed by atoms with Gasteiger partial charge in [-0.1, -0.05) is 25.1 Å². The maximum absolute atomic E-state index is 11.6. The normalized spacial score (nSPS) is 14.4. The SMILES string of the molecule is CC(CN)CS(=O)CCOc1ccccc1. The van der Waals surface area contributed by atoms with Crippen LogP contribution >= 0.6 is 0 Å². The zero-order chi connectivity index (χ0) is 11.8. The molecule has 0 aliphatic carbocycles. The second-order valence-electron chi connectivity index (χ2n) is 3.81. The van der Waals surface area contributed by atoms with E-state index in [-0.39, 0.29) is 0 Å². The molecule has 90 valence electrons. The molecule has 0 heterocycles. The fraction of sp³-hybridized carbons (Fsp3) is 0.500. The maximum atomic E-state index is 11.6. The minimum Gasteiger partial charge on any atom is -0.493 e. The van der Waals surface area contributed by atoms with E-state index in [1.807, 2.05) is 37.3 Å². The maximum Gasteiger partial charge on any atom is 0.119 e. The minimum absolute atomic E-state index is 0.317. The summed E-state index contributed by atoms with van der Waals surface area (Å²) in [5.74, 6) is 2.37. The quantitative estimate of drug-likeness (QED) is 0.785. The molecule has 1 aromatic rings. The third-order valence-corrected chi connectivity index (χ3v) is 3.76. The van der Waals surface area contributed by atoms with Crippen LogP contribution < -0.4 is 10.5 Å². The van der Waals surface area contributed by atoms with E-state index < -0.39 is 10.8 Å². The van der Waals surface area contributed by atoms with E-state index in [9.17, 15) is 4.21 Å². The zero-order valence-corrected chi connectivity index (χ0v) is 10.4. The summed E-state index contributed by atoms with van der Waals surface area (Å²) in [5, 5.41) is 0. The van der Waals surface area contributed by atoms with Crippen LogP contribution in [0.25, 0.3) is 0 Å². The molecule has 0 bridgehead atoms. The smallest absolute Gasteiger partial charge is 0.119 e. The summed E-state index contributed by atoms with van der Waals surface area (Å²) in [5.41, 5.74) is 5.47. The molecule has 3 nitrogen and oxygen atoms in total. The van der Waals surface area contributed by atoms with E-state index in [1.54, 1.807) is 0 Å². The second kappa shape index (κ2) is 7.41. The Hall–Kier alpha value is -0.870. The Kier molecular flexibility index (Phi) is 6.11. The van der Waals surface area contributed by atoms with Gasteiger partial charge in [0.15, 0.2) is 0 Å². The lowest BCUT2D eigenvalue weighted by atomic mass is 10.2. The van der Waals surface area contributed by atoms with Gasteiger partial charge < -0.3 is 10.5 Å². The van der Waals surface area contributed by atoms with E-state index in [2.05, 4.69) is 0 Å². The summed E-state index contributed by atoms with van der Waals surface area (Å²) in [7, 11) is -0.829. The fourth-order valence-electron chi connectivity index (χ4n) is 1.24. The van der Waals surface area contributed by atoms with Crippen LogP contribution in [0.3, 0.4) is 0 Å². The van der Waals surface area contributed by atoms with E-state index in [1.165, 1.54) is 0 Å². The molecule has 0 saturated heterocycles. The van der Waals surface area contributed by atoms with Crippen LogP contribution in [-0.4, -0.2) is 28.9 Å². The summed E-state index contributed by atoms with van der Waals surface area (Å²) in [6, 6.07) is 9.57. The van der Waals surface area contributed by atoms with Gasteiger partial charge in [0, 0.05) is 16.6 Å². The average Bonchev–Trinajstić information content (AvgIpc) is 2.30. The number of hydrogen-bond acceptors (Lipinski definition) is 3. The highest BCUT2D eigenvalue weighted by molar-refractivity contribution is 7.85. The van der Waals surface area contributed by atoms with Crippen molar-refractivity contribution in [3.8, 4) is 5.75 Å². The summed E-state index contributed by atoms with van der Waals surface area (Å²) in [6.45, 7) is 3.09. The molecule has 0 aliphatic heterocycles. The number of rotatable bonds is 7. The predicted octanol–water partition coefficient (Wildman–Crippen LogP) is 1.41. The molecule has 0 radical (unpaired) electrons. The number of benzene rings is 1. The Morgan fingerprint density at radius 3 is 2.69 bits per heavy atom. The van der Waals surface area contributed by atoms with Crippen molar-refractivity contribution in [3.05, 3.63) is 30.3 Å². The van der Waals surface area contributed by atoms with Crippen LogP contribution in [0.15, 0.2) is 30.3 Å². The van der Waals surface area contributed by atoms with Crippen molar-refractivity contribution in [1.82, 2.24) is 0 Å². The van der Waals surface area contributed by atoms with Gasteiger partial charge in [-0.15, -0.1) is 0 Å². The summed E-state index contributed by atoms with van der Waals surface area (Å²) in [4.78, 5) is 0. The predicted molar refractivity (Wildman–Crippen MR) is 68.0 cm³/mol. The van der Waals surface area contributed by atoms with Crippen LogP contribution in [0.1, 0.15) is 6.92 Å². The van der Waals surface area contributed by atoms with Crippen LogP contribution in [0.4, 0.5) is 0 Å². The van der Waals surface area contributed by atoms with Crippen molar-refractivity contribution in [2.75, 3.05) is 24.7 Å². The van der Waals surface area contributed by atoms with Crippen LogP contribution in [0.2, 0.25) is 0 Å². The largest absolute Gasteiger partial charge is 0.493 e. The molecule has 2 N–H and O–H groups in total. The first-order valence-corrected chi connectivity index (χ1v) is 6.94. The van der Waals surface area contributed by atoms with Crippen molar-refractivity contribution < 1.29 is 8.95 Å². The summed E-state index contributed by atoms with van der Waals surface area (Å²) >= 11 is 0. The van der Waals surface area contributed by atoms with E-state index in [0.29, 0.717) is 30.6 Å². The molecule has 16 heavy (non-hydrogen) atoms. The Morgan fingerprint density at radius 2 is 2.06 bits per heavy atom. The number of ether oxygens (including phenoxy) is 1. The standard InChI is InChI=1S/C12H19NO2S/c1-11(9-13)10-16(14)8-7-15-12-5-3-2-4-6-12/h2-6,11H,7-10,13H2,1H3. The molecule has 1 aromatic carbocycles. The zero-order valence-electron chi connectivity index (χ0n) is 9.59. The van der Waals surface area contributed by atoms with Crippen molar-refractivity contribution in [2.24, 2.45) is 11.7 Å². The summed E-state index contributed by atoms with van der Waals surface area (Å²) in [6.07, 6.45) is 0. The highest BCUT2D eigenvalue weighted by atomic mass is 32.2.